The van der Waals surface area contributed by atoms with Gasteiger partial charge in [-0.25, -0.2) is 5.43 Å². The van der Waals surface area contributed by atoms with Gasteiger partial charge in [0.1, 0.15) is 0 Å². The Balaban J connectivity index is 1.43. The third-order valence-corrected chi connectivity index (χ3v) is 6.70. The first-order chi connectivity index (χ1) is 18.1. The van der Waals surface area contributed by atoms with Gasteiger partial charge in [0, 0.05) is 26.6 Å². The van der Waals surface area contributed by atoms with E-state index in [4.69, 9.17) is 9.47 Å². The van der Waals surface area contributed by atoms with E-state index in [-0.39, 0.29) is 6.54 Å². The van der Waals surface area contributed by atoms with Crippen molar-refractivity contribution in [2.75, 3.05) is 20.3 Å². The molecule has 0 aliphatic rings. The van der Waals surface area contributed by atoms with Crippen LogP contribution in [0.15, 0.2) is 83.3 Å². The van der Waals surface area contributed by atoms with E-state index in [1.54, 1.807) is 29.5 Å². The van der Waals surface area contributed by atoms with Gasteiger partial charge < -0.3 is 14.8 Å². The van der Waals surface area contributed by atoms with Crippen LogP contribution in [-0.4, -0.2) is 37.8 Å². The summed E-state index contributed by atoms with van der Waals surface area (Å²) in [6.45, 7) is 2.14. The fourth-order valence-electron chi connectivity index (χ4n) is 3.88. The maximum Gasteiger partial charge on any atom is 0.259 e. The minimum atomic E-state index is -0.414. The molecule has 1 heterocycles. The van der Waals surface area contributed by atoms with Crippen LogP contribution < -0.4 is 20.2 Å². The first-order valence-corrected chi connectivity index (χ1v) is 12.9. The van der Waals surface area contributed by atoms with Crippen LogP contribution in [0.4, 0.5) is 0 Å². The van der Waals surface area contributed by atoms with E-state index in [2.05, 4.69) is 45.5 Å². The third-order valence-electron chi connectivity index (χ3n) is 5.74. The number of carbonyl (C=O) groups excluding carboxylic acids is 2. The molecular weight excluding hydrogens is 486 g/mol. The summed E-state index contributed by atoms with van der Waals surface area (Å²) in [4.78, 5) is 25.2. The maximum atomic E-state index is 12.6. The second-order valence-corrected chi connectivity index (χ2v) is 9.12. The van der Waals surface area contributed by atoms with Crippen LogP contribution in [0.1, 0.15) is 34.8 Å². The van der Waals surface area contributed by atoms with E-state index >= 15 is 0 Å². The van der Waals surface area contributed by atoms with Crippen molar-refractivity contribution in [2.24, 2.45) is 5.10 Å². The van der Waals surface area contributed by atoms with Gasteiger partial charge in [-0.15, -0.1) is 11.3 Å². The Labute approximate surface area is 220 Å². The van der Waals surface area contributed by atoms with Gasteiger partial charge in [-0.1, -0.05) is 48.5 Å². The largest absolute Gasteiger partial charge is 0.493 e. The van der Waals surface area contributed by atoms with Gasteiger partial charge in [0.25, 0.3) is 11.8 Å². The highest BCUT2D eigenvalue weighted by Gasteiger charge is 2.14. The normalized spacial score (nSPS) is 11.2. The molecule has 190 valence electrons. The topological polar surface area (TPSA) is 89.0 Å². The van der Waals surface area contributed by atoms with Crippen LogP contribution in [0.3, 0.4) is 0 Å². The number of amides is 2. The SMILES string of the molecule is CCOc1ccc(C(=O)NCC(=O)N/N=C(\CCc2ccccc2)c2csc3ccccc23)cc1OC. The van der Waals surface area contributed by atoms with Crippen LogP contribution in [0.25, 0.3) is 10.1 Å². The zero-order chi connectivity index (χ0) is 26.0. The number of carbonyl (C=O) groups is 2. The van der Waals surface area contributed by atoms with Crippen LogP contribution in [0.2, 0.25) is 0 Å². The van der Waals surface area contributed by atoms with Crippen LogP contribution in [-0.2, 0) is 11.2 Å². The predicted octanol–water partition coefficient (Wildman–Crippen LogP) is 5.19. The second-order valence-electron chi connectivity index (χ2n) is 8.21. The number of aryl methyl sites for hydroxylation is 1. The van der Waals surface area contributed by atoms with E-state index in [0.717, 1.165) is 27.8 Å². The van der Waals surface area contributed by atoms with Crippen molar-refractivity contribution in [3.63, 3.8) is 0 Å². The zero-order valence-corrected chi connectivity index (χ0v) is 21.6. The number of rotatable bonds is 11. The molecular formula is C29H29N3O4S. The number of hydrogen-bond acceptors (Lipinski definition) is 6. The van der Waals surface area contributed by atoms with E-state index in [1.165, 1.54) is 12.7 Å². The number of benzene rings is 3. The number of thiophene rings is 1. The van der Waals surface area contributed by atoms with Crippen molar-refractivity contribution in [1.82, 2.24) is 10.7 Å². The summed E-state index contributed by atoms with van der Waals surface area (Å²) >= 11 is 1.65. The third kappa shape index (κ3) is 6.74. The first-order valence-electron chi connectivity index (χ1n) is 12.0. The van der Waals surface area contributed by atoms with Crippen molar-refractivity contribution < 1.29 is 19.1 Å². The van der Waals surface area contributed by atoms with Crippen molar-refractivity contribution in [3.05, 3.63) is 94.9 Å². The summed E-state index contributed by atoms with van der Waals surface area (Å²) in [5.74, 6) is 0.198. The Hall–Kier alpha value is -4.17. The number of nitrogens with one attached hydrogen (secondary N) is 2. The Morgan fingerprint density at radius 3 is 2.54 bits per heavy atom. The summed E-state index contributed by atoms with van der Waals surface area (Å²) in [6.07, 6.45) is 1.44. The Kier molecular flexibility index (Phi) is 8.89. The lowest BCUT2D eigenvalue weighted by molar-refractivity contribution is -0.120. The van der Waals surface area contributed by atoms with Crippen LogP contribution in [0.5, 0.6) is 11.5 Å². The van der Waals surface area contributed by atoms with Gasteiger partial charge in [0.05, 0.1) is 26.0 Å². The molecule has 0 aliphatic heterocycles. The van der Waals surface area contributed by atoms with Gasteiger partial charge in [-0.2, -0.15) is 5.10 Å². The molecule has 0 bridgehead atoms. The Morgan fingerprint density at radius 2 is 1.76 bits per heavy atom. The Morgan fingerprint density at radius 1 is 0.973 bits per heavy atom. The van der Waals surface area contributed by atoms with Gasteiger partial charge in [0.15, 0.2) is 11.5 Å². The summed E-state index contributed by atoms with van der Waals surface area (Å²) in [5, 5.41) is 10.3. The lowest BCUT2D eigenvalue weighted by Crippen LogP contribution is -2.35. The predicted molar refractivity (Wildman–Crippen MR) is 148 cm³/mol. The van der Waals surface area contributed by atoms with Gasteiger partial charge in [0.2, 0.25) is 0 Å². The molecule has 2 N–H and O–H groups in total. The number of nitrogens with zero attached hydrogens (tertiary/aromatic N) is 1. The highest BCUT2D eigenvalue weighted by atomic mass is 32.1. The fraction of sp³-hybridized carbons (Fsp3) is 0.207. The van der Waals surface area contributed by atoms with Crippen molar-refractivity contribution >= 4 is 38.9 Å². The average molecular weight is 516 g/mol. The molecule has 7 nitrogen and oxygen atoms in total. The van der Waals surface area contributed by atoms with E-state index in [1.807, 2.05) is 37.3 Å². The Bertz CT molecular complexity index is 1400. The highest BCUT2D eigenvalue weighted by molar-refractivity contribution is 7.17. The summed E-state index contributed by atoms with van der Waals surface area (Å²) < 4.78 is 11.9. The standard InChI is InChI=1S/C29H29N3O4S/c1-3-36-25-16-14-21(17-26(25)35-2)29(34)30-18-28(33)32-31-24(15-13-20-9-5-4-6-10-20)23-19-37-27-12-8-7-11-22(23)27/h4-12,14,16-17,19H,3,13,15,18H2,1-2H3,(H,30,34)(H,32,33)/b31-24+. The smallest absolute Gasteiger partial charge is 0.259 e. The number of ether oxygens (including phenoxy) is 2. The molecule has 4 rings (SSSR count). The number of hydrogen-bond donors (Lipinski definition) is 2. The first kappa shape index (κ1) is 25.9. The molecule has 0 aliphatic carbocycles. The highest BCUT2D eigenvalue weighted by Crippen LogP contribution is 2.28. The molecule has 0 radical (unpaired) electrons. The van der Waals surface area contributed by atoms with Gasteiger partial charge in [-0.3, -0.25) is 9.59 Å². The maximum absolute atomic E-state index is 12.6. The molecule has 8 heteroatoms. The molecule has 0 spiro atoms. The molecule has 2 amide bonds. The summed E-state index contributed by atoms with van der Waals surface area (Å²) in [5.41, 5.74) is 5.97. The van der Waals surface area contributed by atoms with Crippen LogP contribution in [0, 0.1) is 0 Å². The van der Waals surface area contributed by atoms with Gasteiger partial charge >= 0.3 is 0 Å². The van der Waals surface area contributed by atoms with Crippen LogP contribution >= 0.6 is 11.3 Å². The van der Waals surface area contributed by atoms with Gasteiger partial charge in [-0.05, 0) is 49.6 Å². The lowest BCUT2D eigenvalue weighted by Gasteiger charge is -2.11. The average Bonchev–Trinajstić information content (AvgIpc) is 3.37. The monoisotopic (exact) mass is 515 g/mol. The molecule has 3 aromatic carbocycles. The number of hydrazone groups is 1. The number of fused-ring (bicyclic) bond motifs is 1. The molecule has 0 atom stereocenters. The number of methoxy groups -OCH3 is 1. The lowest BCUT2D eigenvalue weighted by atomic mass is 10.0. The zero-order valence-electron chi connectivity index (χ0n) is 20.8. The fourth-order valence-corrected chi connectivity index (χ4v) is 4.84. The molecule has 4 aromatic rings. The molecule has 0 fully saturated rings. The van der Waals surface area contributed by atoms with Crippen molar-refractivity contribution in [1.29, 1.82) is 0 Å². The second kappa shape index (κ2) is 12.7. The molecule has 37 heavy (non-hydrogen) atoms. The van der Waals surface area contributed by atoms with E-state index in [0.29, 0.717) is 30.1 Å². The minimum Gasteiger partial charge on any atom is -0.493 e. The molecule has 1 aromatic heterocycles. The van der Waals surface area contributed by atoms with Crippen molar-refractivity contribution in [2.45, 2.75) is 19.8 Å². The van der Waals surface area contributed by atoms with E-state index < -0.39 is 11.8 Å². The molecule has 0 saturated carbocycles. The minimum absolute atomic E-state index is 0.214. The summed E-state index contributed by atoms with van der Waals surface area (Å²) in [6, 6.07) is 23.2. The van der Waals surface area contributed by atoms with Crippen molar-refractivity contribution in [3.8, 4) is 11.5 Å². The molecule has 0 saturated heterocycles. The quantitative estimate of drug-likeness (QED) is 0.213. The molecule has 0 unspecified atom stereocenters. The van der Waals surface area contributed by atoms with E-state index in [9.17, 15) is 9.59 Å². The summed E-state index contributed by atoms with van der Waals surface area (Å²) in [7, 11) is 1.51.